The van der Waals surface area contributed by atoms with Gasteiger partial charge in [-0.05, 0) is 25.1 Å². The van der Waals surface area contributed by atoms with Crippen LogP contribution < -0.4 is 16.6 Å². The van der Waals surface area contributed by atoms with Gasteiger partial charge in [-0.3, -0.25) is 5.43 Å². The van der Waals surface area contributed by atoms with Crippen LogP contribution in [0.4, 0.5) is 5.69 Å². The highest BCUT2D eigenvalue weighted by molar-refractivity contribution is 7.80. The fourth-order valence-electron chi connectivity index (χ4n) is 1.14. The Morgan fingerprint density at radius 2 is 2.11 bits per heavy atom. The van der Waals surface area contributed by atoms with Gasteiger partial charge in [0.15, 0.2) is 0 Å². The molecule has 0 heterocycles. The molecule has 0 aliphatic rings. The van der Waals surface area contributed by atoms with Crippen LogP contribution in [0.5, 0.6) is 0 Å². The molecule has 0 fully saturated rings. The van der Waals surface area contributed by atoms with Gasteiger partial charge in [0.25, 0.3) is 0 Å². The molecule has 18 heavy (non-hydrogen) atoms. The minimum Gasteiger partial charge on any atom is -0.389 e. The zero-order valence-electron chi connectivity index (χ0n) is 9.42. The van der Waals surface area contributed by atoms with Crippen LogP contribution >= 0.6 is 35.4 Å². The fraction of sp³-hybridized carbons (Fsp3) is 0.0909. The molecular weight excluding hydrogens is 291 g/mol. The number of thiocarbonyl (C=S) groups is 1. The van der Waals surface area contributed by atoms with Crippen LogP contribution in [0.15, 0.2) is 29.5 Å². The molecule has 0 saturated carbocycles. The lowest BCUT2D eigenvalue weighted by molar-refractivity contribution is 0.955. The zero-order chi connectivity index (χ0) is 13.7. The topological polar surface area (TPSA) is 73.9 Å². The molecule has 4 nitrogen and oxygen atoms in total. The molecule has 1 aromatic carbocycles. The summed E-state index contributed by atoms with van der Waals surface area (Å²) in [6.07, 6.45) is 0. The number of benzene rings is 1. The Hall–Kier alpha value is -1.48. The molecular formula is C11H10Cl2N4S. The number of anilines is 1. The van der Waals surface area contributed by atoms with E-state index in [0.29, 0.717) is 21.4 Å². The molecule has 0 saturated heterocycles. The summed E-state index contributed by atoms with van der Waals surface area (Å²) >= 11 is 16.6. The molecule has 4 N–H and O–H groups in total. The van der Waals surface area contributed by atoms with E-state index in [0.717, 1.165) is 0 Å². The summed E-state index contributed by atoms with van der Waals surface area (Å²) in [5.41, 5.74) is 12.3. The molecule has 0 bridgehead atoms. The lowest BCUT2D eigenvalue weighted by Crippen LogP contribution is -2.24. The molecule has 1 aromatic rings. The van der Waals surface area contributed by atoms with Crippen LogP contribution in [0.25, 0.3) is 0 Å². The average Bonchev–Trinajstić information content (AvgIpc) is 2.30. The van der Waals surface area contributed by atoms with Crippen LogP contribution in [0, 0.1) is 11.3 Å². The van der Waals surface area contributed by atoms with Crippen molar-refractivity contribution in [2.45, 2.75) is 6.92 Å². The second-order valence-corrected chi connectivity index (χ2v) is 4.63. The Labute approximate surface area is 120 Å². The van der Waals surface area contributed by atoms with E-state index in [9.17, 15) is 0 Å². The second kappa shape index (κ2) is 6.45. The maximum atomic E-state index is 8.87. The minimum absolute atomic E-state index is 0.0292. The number of allylic oxidation sites excluding steroid dienone is 1. The number of nitrogens with two attached hydrogens (primary N) is 1. The van der Waals surface area contributed by atoms with Crippen molar-refractivity contribution in [1.29, 1.82) is 5.26 Å². The number of nitrogens with one attached hydrogen (secondary N) is 2. The lowest BCUT2D eigenvalue weighted by atomic mass is 10.2. The summed E-state index contributed by atoms with van der Waals surface area (Å²) in [4.78, 5) is 0.0292. The molecule has 0 spiro atoms. The summed E-state index contributed by atoms with van der Waals surface area (Å²) in [6, 6.07) is 6.90. The Bertz CT molecular complexity index is 548. The van der Waals surface area contributed by atoms with Gasteiger partial charge in [0, 0.05) is 10.7 Å². The van der Waals surface area contributed by atoms with E-state index in [1.807, 2.05) is 6.07 Å². The van der Waals surface area contributed by atoms with Gasteiger partial charge >= 0.3 is 0 Å². The Balaban J connectivity index is 2.86. The van der Waals surface area contributed by atoms with E-state index >= 15 is 0 Å². The van der Waals surface area contributed by atoms with Crippen molar-refractivity contribution in [2.75, 3.05) is 5.43 Å². The maximum Gasteiger partial charge on any atom is 0.116 e. The van der Waals surface area contributed by atoms with Crippen molar-refractivity contribution in [3.05, 3.63) is 39.5 Å². The number of nitriles is 1. The van der Waals surface area contributed by atoms with Crippen LogP contribution in [0.2, 0.25) is 10.0 Å². The summed E-state index contributed by atoms with van der Waals surface area (Å²) in [7, 11) is 0. The van der Waals surface area contributed by atoms with Crippen molar-refractivity contribution in [3.8, 4) is 6.07 Å². The van der Waals surface area contributed by atoms with Gasteiger partial charge in [-0.25, -0.2) is 0 Å². The van der Waals surface area contributed by atoms with Gasteiger partial charge in [0.1, 0.15) is 16.6 Å². The number of hydrogen-bond acceptors (Lipinski definition) is 4. The van der Waals surface area contributed by atoms with E-state index < -0.39 is 0 Å². The quantitative estimate of drug-likeness (QED) is 0.345. The monoisotopic (exact) mass is 300 g/mol. The summed E-state index contributed by atoms with van der Waals surface area (Å²) in [6.45, 7) is 1.67. The molecule has 0 aliphatic carbocycles. The molecule has 0 atom stereocenters. The van der Waals surface area contributed by atoms with Gasteiger partial charge in [0.2, 0.25) is 0 Å². The summed E-state index contributed by atoms with van der Waals surface area (Å²) < 4.78 is 0. The molecule has 0 radical (unpaired) electrons. The molecule has 0 aromatic heterocycles. The van der Waals surface area contributed by atoms with Crippen molar-refractivity contribution in [3.63, 3.8) is 0 Å². The SMILES string of the molecule is C/C(NNc1cc(Cl)ccc1Cl)=C(\C#N)C(N)=S. The largest absolute Gasteiger partial charge is 0.389 e. The van der Waals surface area contributed by atoms with Gasteiger partial charge in [-0.15, -0.1) is 0 Å². The Morgan fingerprint density at radius 1 is 1.44 bits per heavy atom. The summed E-state index contributed by atoms with van der Waals surface area (Å²) in [5.74, 6) is 0. The second-order valence-electron chi connectivity index (χ2n) is 3.35. The molecule has 94 valence electrons. The molecule has 0 amide bonds. The van der Waals surface area contributed by atoms with Crippen molar-refractivity contribution >= 4 is 46.1 Å². The minimum atomic E-state index is 0.0292. The van der Waals surface area contributed by atoms with Crippen molar-refractivity contribution < 1.29 is 0 Å². The molecule has 1 rings (SSSR count). The zero-order valence-corrected chi connectivity index (χ0v) is 11.7. The van der Waals surface area contributed by atoms with Gasteiger partial charge in [-0.1, -0.05) is 35.4 Å². The highest BCUT2D eigenvalue weighted by atomic mass is 35.5. The van der Waals surface area contributed by atoms with Crippen LogP contribution in [0.1, 0.15) is 6.92 Å². The van der Waals surface area contributed by atoms with Crippen LogP contribution in [-0.4, -0.2) is 4.99 Å². The number of halogens is 2. The highest BCUT2D eigenvalue weighted by Gasteiger charge is 2.06. The van der Waals surface area contributed by atoms with E-state index in [2.05, 4.69) is 10.9 Å². The van der Waals surface area contributed by atoms with Gasteiger partial charge in [0.05, 0.1) is 10.7 Å². The predicted octanol–water partition coefficient (Wildman–Crippen LogP) is 2.99. The van der Waals surface area contributed by atoms with E-state index in [4.69, 9.17) is 46.4 Å². The fourth-order valence-corrected chi connectivity index (χ4v) is 1.68. The van der Waals surface area contributed by atoms with Crippen molar-refractivity contribution in [2.24, 2.45) is 5.73 Å². The van der Waals surface area contributed by atoms with E-state index in [1.165, 1.54) is 0 Å². The highest BCUT2D eigenvalue weighted by Crippen LogP contribution is 2.24. The first-order chi connectivity index (χ1) is 8.45. The molecule has 0 unspecified atom stereocenters. The van der Waals surface area contributed by atoms with Gasteiger partial charge < -0.3 is 11.2 Å². The third-order valence-corrected chi connectivity index (χ3v) is 2.82. The normalized spacial score (nSPS) is 11.2. The molecule has 0 aliphatic heterocycles. The lowest BCUT2D eigenvalue weighted by Gasteiger charge is -2.12. The van der Waals surface area contributed by atoms with Gasteiger partial charge in [-0.2, -0.15) is 5.26 Å². The number of nitrogens with zero attached hydrogens (tertiary/aromatic N) is 1. The Kier molecular flexibility index (Phi) is 5.23. The first kappa shape index (κ1) is 14.6. The van der Waals surface area contributed by atoms with Crippen LogP contribution in [0.3, 0.4) is 0 Å². The maximum absolute atomic E-state index is 8.87. The predicted molar refractivity (Wildman–Crippen MR) is 78.3 cm³/mol. The standard InChI is InChI=1S/C11H10Cl2N4S/c1-6(8(5-14)11(15)18)16-17-10-4-7(12)2-3-9(10)13/h2-4,16-17H,1H3,(H2,15,18)/b8-6-. The third kappa shape index (κ3) is 3.77. The van der Waals surface area contributed by atoms with Crippen molar-refractivity contribution in [1.82, 2.24) is 5.43 Å². The van der Waals surface area contributed by atoms with E-state index in [-0.39, 0.29) is 10.6 Å². The van der Waals surface area contributed by atoms with Crippen LogP contribution in [-0.2, 0) is 0 Å². The number of rotatable bonds is 4. The third-order valence-electron chi connectivity index (χ3n) is 2.05. The number of hydrazine groups is 1. The summed E-state index contributed by atoms with van der Waals surface area (Å²) in [5, 5.41) is 9.91. The number of hydrogen-bond donors (Lipinski definition) is 3. The average molecular weight is 301 g/mol. The van der Waals surface area contributed by atoms with E-state index in [1.54, 1.807) is 25.1 Å². The molecule has 7 heteroatoms. The smallest absolute Gasteiger partial charge is 0.116 e. The first-order valence-electron chi connectivity index (χ1n) is 4.83. The Morgan fingerprint density at radius 3 is 2.67 bits per heavy atom. The first-order valence-corrected chi connectivity index (χ1v) is 6.00.